The zero-order valence-electron chi connectivity index (χ0n) is 10.1. The van der Waals surface area contributed by atoms with Crippen LogP contribution >= 0.6 is 11.8 Å². The van der Waals surface area contributed by atoms with Crippen molar-refractivity contribution in [1.29, 1.82) is 0 Å². The minimum Gasteiger partial charge on any atom is -0.357 e. The summed E-state index contributed by atoms with van der Waals surface area (Å²) in [5, 5.41) is 8.18. The number of hydrogen-bond donors (Lipinski definition) is 3. The number of rotatable bonds is 8. The molecule has 0 saturated heterocycles. The van der Waals surface area contributed by atoms with Gasteiger partial charge in [-0.1, -0.05) is 0 Å². The van der Waals surface area contributed by atoms with Crippen LogP contribution < -0.4 is 16.0 Å². The van der Waals surface area contributed by atoms with Crippen molar-refractivity contribution in [2.45, 2.75) is 18.9 Å². The molecule has 0 aromatic rings. The maximum absolute atomic E-state index is 11.5. The Morgan fingerprint density at radius 1 is 1.31 bits per heavy atom. The second kappa shape index (κ2) is 9.47. The van der Waals surface area contributed by atoms with Gasteiger partial charge in [0.1, 0.15) is 6.04 Å². The molecule has 5 nitrogen and oxygen atoms in total. The summed E-state index contributed by atoms with van der Waals surface area (Å²) in [7, 11) is 3.37. The van der Waals surface area contributed by atoms with Gasteiger partial charge < -0.3 is 16.0 Å². The van der Waals surface area contributed by atoms with Gasteiger partial charge in [-0.05, 0) is 25.5 Å². The molecule has 3 N–H and O–H groups in total. The number of thioether (sulfide) groups is 1. The van der Waals surface area contributed by atoms with Crippen molar-refractivity contribution in [3.63, 3.8) is 0 Å². The molecule has 0 bridgehead atoms. The summed E-state index contributed by atoms with van der Waals surface area (Å²) in [4.78, 5) is 22.9. The van der Waals surface area contributed by atoms with Crippen LogP contribution in [0.2, 0.25) is 0 Å². The lowest BCUT2D eigenvalue weighted by Crippen LogP contribution is -2.46. The summed E-state index contributed by atoms with van der Waals surface area (Å²) in [6, 6.07) is -0.415. The summed E-state index contributed by atoms with van der Waals surface area (Å²) in [5.41, 5.74) is 0. The molecule has 2 amide bonds. The van der Waals surface area contributed by atoms with E-state index in [1.165, 1.54) is 0 Å². The first kappa shape index (κ1) is 15.2. The number of likely N-dealkylation sites (N-methyl/N-ethyl adjacent to an activating group) is 1. The Morgan fingerprint density at radius 2 is 2.00 bits per heavy atom. The molecule has 94 valence electrons. The molecule has 0 aromatic carbocycles. The van der Waals surface area contributed by atoms with Crippen LogP contribution in [0.5, 0.6) is 0 Å². The van der Waals surface area contributed by atoms with Crippen molar-refractivity contribution < 1.29 is 9.59 Å². The molecule has 1 unspecified atom stereocenters. The summed E-state index contributed by atoms with van der Waals surface area (Å²) in [6.07, 6.45) is 3.03. The molecular weight excluding hydrogens is 226 g/mol. The highest BCUT2D eigenvalue weighted by Crippen LogP contribution is 2.01. The van der Waals surface area contributed by atoms with E-state index < -0.39 is 6.04 Å². The van der Waals surface area contributed by atoms with E-state index in [0.717, 1.165) is 5.75 Å². The first-order chi connectivity index (χ1) is 7.65. The third-order valence-corrected chi connectivity index (χ3v) is 2.75. The molecule has 6 heteroatoms. The topological polar surface area (TPSA) is 70.2 Å². The third-order valence-electron chi connectivity index (χ3n) is 2.11. The Labute approximate surface area is 101 Å². The van der Waals surface area contributed by atoms with Crippen LogP contribution in [-0.2, 0) is 9.59 Å². The van der Waals surface area contributed by atoms with Crippen LogP contribution in [-0.4, -0.2) is 50.5 Å². The van der Waals surface area contributed by atoms with Crippen molar-refractivity contribution in [3.05, 3.63) is 0 Å². The van der Waals surface area contributed by atoms with Crippen molar-refractivity contribution in [1.82, 2.24) is 16.0 Å². The van der Waals surface area contributed by atoms with E-state index in [9.17, 15) is 9.59 Å². The van der Waals surface area contributed by atoms with Gasteiger partial charge in [0.05, 0.1) is 0 Å². The quantitative estimate of drug-likeness (QED) is 0.545. The average molecular weight is 247 g/mol. The van der Waals surface area contributed by atoms with E-state index in [0.29, 0.717) is 19.4 Å². The van der Waals surface area contributed by atoms with Crippen molar-refractivity contribution in [3.8, 4) is 0 Å². The maximum Gasteiger partial charge on any atom is 0.242 e. The minimum atomic E-state index is -0.415. The molecule has 0 rings (SSSR count). The minimum absolute atomic E-state index is 0.0935. The second-order valence-corrected chi connectivity index (χ2v) is 4.35. The summed E-state index contributed by atoms with van der Waals surface area (Å²) < 4.78 is 0. The van der Waals surface area contributed by atoms with Gasteiger partial charge >= 0.3 is 0 Å². The Bertz CT molecular complexity index is 224. The SMILES string of the molecule is CNCCC(=O)NC(CCSC)C(=O)NC. The highest BCUT2D eigenvalue weighted by molar-refractivity contribution is 7.98. The Balaban J connectivity index is 4.08. The molecule has 0 radical (unpaired) electrons. The number of amides is 2. The highest BCUT2D eigenvalue weighted by atomic mass is 32.2. The van der Waals surface area contributed by atoms with Gasteiger partial charge in [-0.2, -0.15) is 11.8 Å². The largest absolute Gasteiger partial charge is 0.357 e. The first-order valence-electron chi connectivity index (χ1n) is 5.30. The smallest absolute Gasteiger partial charge is 0.242 e. The normalized spacial score (nSPS) is 11.9. The lowest BCUT2D eigenvalue weighted by Gasteiger charge is -2.16. The number of carbonyl (C=O) groups is 2. The van der Waals surface area contributed by atoms with Crippen LogP contribution in [0.25, 0.3) is 0 Å². The van der Waals surface area contributed by atoms with Crippen LogP contribution in [0.1, 0.15) is 12.8 Å². The average Bonchev–Trinajstić information content (AvgIpc) is 2.30. The van der Waals surface area contributed by atoms with E-state index in [-0.39, 0.29) is 11.8 Å². The zero-order valence-corrected chi connectivity index (χ0v) is 10.9. The second-order valence-electron chi connectivity index (χ2n) is 3.37. The van der Waals surface area contributed by atoms with Gasteiger partial charge in [0.25, 0.3) is 0 Å². The highest BCUT2D eigenvalue weighted by Gasteiger charge is 2.18. The summed E-state index contributed by atoms with van der Waals surface area (Å²) in [5.74, 6) is 0.626. The maximum atomic E-state index is 11.5. The van der Waals surface area contributed by atoms with Gasteiger partial charge in [0.2, 0.25) is 11.8 Å². The molecular formula is C10H21N3O2S. The molecule has 0 heterocycles. The fourth-order valence-corrected chi connectivity index (χ4v) is 1.66. The molecule has 0 aliphatic heterocycles. The molecule has 0 fully saturated rings. The summed E-state index contributed by atoms with van der Waals surface area (Å²) in [6.45, 7) is 0.620. The molecule has 1 atom stereocenters. The predicted octanol–water partition coefficient (Wildman–Crippen LogP) is -0.420. The van der Waals surface area contributed by atoms with Gasteiger partial charge in [-0.25, -0.2) is 0 Å². The van der Waals surface area contributed by atoms with Gasteiger partial charge in [-0.15, -0.1) is 0 Å². The van der Waals surface area contributed by atoms with E-state index >= 15 is 0 Å². The molecule has 0 spiro atoms. The number of carbonyl (C=O) groups excluding carboxylic acids is 2. The molecule has 0 aromatic heterocycles. The fourth-order valence-electron chi connectivity index (χ4n) is 1.18. The van der Waals surface area contributed by atoms with E-state index in [4.69, 9.17) is 0 Å². The van der Waals surface area contributed by atoms with Crippen LogP contribution in [0.4, 0.5) is 0 Å². The number of hydrogen-bond acceptors (Lipinski definition) is 4. The van der Waals surface area contributed by atoms with Crippen LogP contribution in [0.15, 0.2) is 0 Å². The van der Waals surface area contributed by atoms with Crippen molar-refractivity contribution in [2.75, 3.05) is 32.6 Å². The predicted molar refractivity (Wildman–Crippen MR) is 67.5 cm³/mol. The van der Waals surface area contributed by atoms with Gasteiger partial charge in [0, 0.05) is 20.0 Å². The fraction of sp³-hybridized carbons (Fsp3) is 0.800. The van der Waals surface area contributed by atoms with Gasteiger partial charge in [0.15, 0.2) is 0 Å². The van der Waals surface area contributed by atoms with E-state index in [1.807, 2.05) is 6.26 Å². The monoisotopic (exact) mass is 247 g/mol. The lowest BCUT2D eigenvalue weighted by atomic mass is 10.2. The Hall–Kier alpha value is -0.750. The molecule has 0 aliphatic rings. The molecule has 0 aliphatic carbocycles. The van der Waals surface area contributed by atoms with Gasteiger partial charge in [-0.3, -0.25) is 9.59 Å². The zero-order chi connectivity index (χ0) is 12.4. The third kappa shape index (κ3) is 6.68. The Kier molecular flexibility index (Phi) is 9.03. The van der Waals surface area contributed by atoms with Crippen LogP contribution in [0, 0.1) is 0 Å². The lowest BCUT2D eigenvalue weighted by molar-refractivity contribution is -0.128. The number of nitrogens with one attached hydrogen (secondary N) is 3. The van der Waals surface area contributed by atoms with Crippen molar-refractivity contribution >= 4 is 23.6 Å². The van der Waals surface area contributed by atoms with Crippen LogP contribution in [0.3, 0.4) is 0 Å². The van der Waals surface area contributed by atoms with E-state index in [1.54, 1.807) is 25.9 Å². The van der Waals surface area contributed by atoms with Crippen molar-refractivity contribution in [2.24, 2.45) is 0 Å². The standard InChI is InChI=1S/C10H21N3O2S/c1-11-6-4-9(14)13-8(5-7-16-3)10(15)12-2/h8,11H,4-7H2,1-3H3,(H,12,15)(H,13,14). The van der Waals surface area contributed by atoms with E-state index in [2.05, 4.69) is 16.0 Å². The molecule has 0 saturated carbocycles. The Morgan fingerprint density at radius 3 is 2.50 bits per heavy atom. The summed E-state index contributed by atoms with van der Waals surface area (Å²) >= 11 is 1.66. The first-order valence-corrected chi connectivity index (χ1v) is 6.69. The molecule has 16 heavy (non-hydrogen) atoms.